The second-order valence-corrected chi connectivity index (χ2v) is 4.24. The van der Waals surface area contributed by atoms with Gasteiger partial charge in [0.25, 0.3) is 0 Å². The summed E-state index contributed by atoms with van der Waals surface area (Å²) in [7, 11) is 0. The van der Waals surface area contributed by atoms with E-state index in [1.54, 1.807) is 6.92 Å². The molecule has 0 aliphatic rings. The van der Waals surface area contributed by atoms with Gasteiger partial charge >= 0.3 is 5.97 Å². The van der Waals surface area contributed by atoms with Crippen molar-refractivity contribution in [2.24, 2.45) is 0 Å². The molecule has 5 heteroatoms. The highest BCUT2D eigenvalue weighted by Gasteiger charge is 2.33. The molecule has 1 amide bonds. The van der Waals surface area contributed by atoms with E-state index in [2.05, 4.69) is 5.32 Å². The Balaban J connectivity index is 4.09. The summed E-state index contributed by atoms with van der Waals surface area (Å²) in [5, 5.41) is 11.7. The van der Waals surface area contributed by atoms with Crippen LogP contribution < -0.4 is 5.32 Å². The highest BCUT2D eigenvalue weighted by atomic mass is 16.5. The maximum absolute atomic E-state index is 11.6. The number of ether oxygens (including phenoxy) is 1. The molecule has 0 spiro atoms. The second kappa shape index (κ2) is 8.06. The van der Waals surface area contributed by atoms with Crippen LogP contribution in [0.4, 0.5) is 0 Å². The Morgan fingerprint density at radius 3 is 2.47 bits per heavy atom. The number of carbonyl (C=O) groups is 2. The molecule has 1 unspecified atom stereocenters. The van der Waals surface area contributed by atoms with Crippen LogP contribution >= 0.6 is 0 Å². The van der Waals surface area contributed by atoms with Crippen LogP contribution in [0, 0.1) is 0 Å². The molecule has 0 saturated carbocycles. The fraction of sp³-hybridized carbons (Fsp3) is 0.833. The zero-order valence-corrected chi connectivity index (χ0v) is 10.9. The average molecular weight is 245 g/mol. The summed E-state index contributed by atoms with van der Waals surface area (Å²) in [6, 6.07) is 0. The van der Waals surface area contributed by atoms with Crippen LogP contribution in [0.1, 0.15) is 46.5 Å². The smallest absolute Gasteiger partial charge is 0.329 e. The molecule has 1 atom stereocenters. The number of aliphatic carboxylic acids is 1. The van der Waals surface area contributed by atoms with Gasteiger partial charge in [0, 0.05) is 19.6 Å². The van der Waals surface area contributed by atoms with E-state index >= 15 is 0 Å². The Morgan fingerprint density at radius 1 is 1.35 bits per heavy atom. The fourth-order valence-corrected chi connectivity index (χ4v) is 1.57. The lowest BCUT2D eigenvalue weighted by atomic mass is 9.96. The van der Waals surface area contributed by atoms with Gasteiger partial charge in [-0.05, 0) is 26.7 Å². The molecule has 0 aliphatic heterocycles. The Morgan fingerprint density at radius 2 is 2.00 bits per heavy atom. The zero-order chi connectivity index (χ0) is 13.3. The number of rotatable bonds is 9. The first kappa shape index (κ1) is 15.9. The molecule has 0 radical (unpaired) electrons. The molecular weight excluding hydrogens is 222 g/mol. The minimum absolute atomic E-state index is 0.233. The minimum Gasteiger partial charge on any atom is -0.480 e. The van der Waals surface area contributed by atoms with E-state index < -0.39 is 11.5 Å². The maximum atomic E-state index is 11.6. The van der Waals surface area contributed by atoms with Gasteiger partial charge in [-0.3, -0.25) is 4.79 Å². The van der Waals surface area contributed by atoms with Crippen molar-refractivity contribution < 1.29 is 19.4 Å². The SMILES string of the molecule is CCCC(C)(NC(=O)CCCOCC)C(=O)O. The lowest BCUT2D eigenvalue weighted by molar-refractivity contribution is -0.147. The first-order chi connectivity index (χ1) is 7.96. The third-order valence-electron chi connectivity index (χ3n) is 2.53. The van der Waals surface area contributed by atoms with Crippen LogP contribution in [0.15, 0.2) is 0 Å². The van der Waals surface area contributed by atoms with Gasteiger partial charge in [-0.25, -0.2) is 4.79 Å². The molecule has 2 N–H and O–H groups in total. The molecule has 0 aromatic carbocycles. The van der Waals surface area contributed by atoms with Crippen molar-refractivity contribution in [2.45, 2.75) is 52.0 Å². The van der Waals surface area contributed by atoms with E-state index in [0.29, 0.717) is 38.9 Å². The molecule has 0 fully saturated rings. The van der Waals surface area contributed by atoms with Crippen molar-refractivity contribution in [3.05, 3.63) is 0 Å². The molecular formula is C12H23NO4. The number of carboxylic acids is 1. The normalized spacial score (nSPS) is 14.1. The number of carbonyl (C=O) groups excluding carboxylic acids is 1. The molecule has 0 saturated heterocycles. The summed E-state index contributed by atoms with van der Waals surface area (Å²) in [5.74, 6) is -1.22. The molecule has 0 aromatic rings. The first-order valence-corrected chi connectivity index (χ1v) is 6.08. The highest BCUT2D eigenvalue weighted by Crippen LogP contribution is 2.13. The molecule has 0 bridgehead atoms. The molecule has 0 heterocycles. The van der Waals surface area contributed by atoms with Crippen molar-refractivity contribution in [3.63, 3.8) is 0 Å². The van der Waals surface area contributed by atoms with Crippen LogP contribution in [0.25, 0.3) is 0 Å². The lowest BCUT2D eigenvalue weighted by Crippen LogP contribution is -2.52. The van der Waals surface area contributed by atoms with Crippen molar-refractivity contribution in [2.75, 3.05) is 13.2 Å². The van der Waals surface area contributed by atoms with Crippen LogP contribution in [0.5, 0.6) is 0 Å². The standard InChI is InChI=1S/C12H23NO4/c1-4-8-12(3,11(15)16)13-10(14)7-6-9-17-5-2/h4-9H2,1-3H3,(H,13,14)(H,15,16). The quantitative estimate of drug-likeness (QED) is 0.604. The Hall–Kier alpha value is -1.10. The summed E-state index contributed by atoms with van der Waals surface area (Å²) < 4.78 is 5.11. The Kier molecular flexibility index (Phi) is 7.54. The predicted octanol–water partition coefficient (Wildman–Crippen LogP) is 1.56. The third kappa shape index (κ3) is 6.26. The largest absolute Gasteiger partial charge is 0.480 e. The van der Waals surface area contributed by atoms with E-state index in [1.165, 1.54) is 0 Å². The van der Waals surface area contributed by atoms with Crippen molar-refractivity contribution in [3.8, 4) is 0 Å². The summed E-state index contributed by atoms with van der Waals surface area (Å²) in [4.78, 5) is 22.7. The van der Waals surface area contributed by atoms with Gasteiger partial charge in [0.05, 0.1) is 0 Å². The lowest BCUT2D eigenvalue weighted by Gasteiger charge is -2.25. The van der Waals surface area contributed by atoms with Gasteiger partial charge < -0.3 is 15.2 Å². The summed E-state index contributed by atoms with van der Waals surface area (Å²) in [6.07, 6.45) is 2.05. The molecule has 0 rings (SSSR count). The van der Waals surface area contributed by atoms with Crippen LogP contribution in [-0.4, -0.2) is 35.7 Å². The van der Waals surface area contributed by atoms with Crippen LogP contribution in [0.2, 0.25) is 0 Å². The summed E-state index contributed by atoms with van der Waals surface area (Å²) >= 11 is 0. The van der Waals surface area contributed by atoms with Crippen molar-refractivity contribution in [1.82, 2.24) is 5.32 Å². The maximum Gasteiger partial charge on any atom is 0.329 e. The zero-order valence-electron chi connectivity index (χ0n) is 10.9. The molecule has 17 heavy (non-hydrogen) atoms. The van der Waals surface area contributed by atoms with Crippen LogP contribution in [-0.2, 0) is 14.3 Å². The first-order valence-electron chi connectivity index (χ1n) is 6.08. The van der Waals surface area contributed by atoms with E-state index in [9.17, 15) is 9.59 Å². The van der Waals surface area contributed by atoms with Crippen molar-refractivity contribution in [1.29, 1.82) is 0 Å². The van der Waals surface area contributed by atoms with Crippen molar-refractivity contribution >= 4 is 11.9 Å². The fourth-order valence-electron chi connectivity index (χ4n) is 1.57. The number of hydrogen-bond donors (Lipinski definition) is 2. The van der Waals surface area contributed by atoms with Gasteiger partial charge in [0.1, 0.15) is 5.54 Å². The van der Waals surface area contributed by atoms with Gasteiger partial charge in [0.15, 0.2) is 0 Å². The number of hydrogen-bond acceptors (Lipinski definition) is 3. The Bertz CT molecular complexity index is 255. The number of nitrogens with one attached hydrogen (secondary N) is 1. The van der Waals surface area contributed by atoms with Crippen LogP contribution in [0.3, 0.4) is 0 Å². The monoisotopic (exact) mass is 245 g/mol. The van der Waals surface area contributed by atoms with Gasteiger partial charge in [-0.2, -0.15) is 0 Å². The minimum atomic E-state index is -1.16. The number of carboxylic acid groups (broad SMARTS) is 1. The van der Waals surface area contributed by atoms with Gasteiger partial charge in [-0.15, -0.1) is 0 Å². The van der Waals surface area contributed by atoms with E-state index in [-0.39, 0.29) is 5.91 Å². The molecule has 5 nitrogen and oxygen atoms in total. The topological polar surface area (TPSA) is 75.6 Å². The molecule has 0 aliphatic carbocycles. The van der Waals surface area contributed by atoms with Gasteiger partial charge in [-0.1, -0.05) is 13.3 Å². The molecule has 100 valence electrons. The second-order valence-electron chi connectivity index (χ2n) is 4.24. The Labute approximate surface area is 103 Å². The third-order valence-corrected chi connectivity index (χ3v) is 2.53. The highest BCUT2D eigenvalue weighted by molar-refractivity contribution is 5.86. The average Bonchev–Trinajstić information content (AvgIpc) is 2.24. The molecule has 0 aromatic heterocycles. The predicted molar refractivity (Wildman–Crippen MR) is 64.8 cm³/mol. The summed E-state index contributed by atoms with van der Waals surface area (Å²) in [6.45, 7) is 6.48. The van der Waals surface area contributed by atoms with Gasteiger partial charge in [0.2, 0.25) is 5.91 Å². The van der Waals surface area contributed by atoms with E-state index in [0.717, 1.165) is 0 Å². The summed E-state index contributed by atoms with van der Waals surface area (Å²) in [5.41, 5.74) is -1.16. The van der Waals surface area contributed by atoms with E-state index in [4.69, 9.17) is 9.84 Å². The number of amides is 1. The van der Waals surface area contributed by atoms with E-state index in [1.807, 2.05) is 13.8 Å².